The van der Waals surface area contributed by atoms with Crippen molar-refractivity contribution in [1.29, 1.82) is 0 Å². The van der Waals surface area contributed by atoms with Gasteiger partial charge in [-0.15, -0.1) is 0 Å². The number of aliphatic hydroxyl groups is 1. The number of alkyl halides is 3. The van der Waals surface area contributed by atoms with Crippen molar-refractivity contribution in [3.05, 3.63) is 86.8 Å². The van der Waals surface area contributed by atoms with Gasteiger partial charge in [0.25, 0.3) is 0 Å². The number of rotatable bonds is 5. The first-order valence-corrected chi connectivity index (χ1v) is 13.9. The second kappa shape index (κ2) is 10.3. The largest absolute Gasteiger partial charge is 0.421 e. The third-order valence-corrected chi connectivity index (χ3v) is 9.60. The van der Waals surface area contributed by atoms with E-state index < -0.39 is 27.8 Å². The molecule has 2 unspecified atom stereocenters. The van der Waals surface area contributed by atoms with Gasteiger partial charge in [0.05, 0.1) is 10.9 Å². The molecule has 2 aromatic rings. The summed E-state index contributed by atoms with van der Waals surface area (Å²) in [5.74, 6) is 0. The zero-order valence-electron chi connectivity index (χ0n) is 19.5. The Bertz CT molecular complexity index is 1370. The lowest BCUT2D eigenvalue weighted by Crippen LogP contribution is -2.51. The molecule has 0 saturated carbocycles. The van der Waals surface area contributed by atoms with Crippen LogP contribution in [-0.4, -0.2) is 48.5 Å². The minimum absolute atomic E-state index is 0.00802. The molecule has 1 fully saturated rings. The van der Waals surface area contributed by atoms with Crippen LogP contribution in [0.4, 0.5) is 18.9 Å². The lowest BCUT2D eigenvalue weighted by molar-refractivity contribution is -0.258. The normalized spacial score (nSPS) is 21.1. The van der Waals surface area contributed by atoms with Crippen molar-refractivity contribution in [3.63, 3.8) is 0 Å². The molecular weight excluding hydrogens is 568 g/mol. The van der Waals surface area contributed by atoms with Crippen molar-refractivity contribution >= 4 is 56.0 Å². The van der Waals surface area contributed by atoms with Crippen molar-refractivity contribution in [3.8, 4) is 0 Å². The van der Waals surface area contributed by atoms with E-state index in [0.29, 0.717) is 39.5 Å². The Labute approximate surface area is 228 Å². The van der Waals surface area contributed by atoms with Crippen LogP contribution in [-0.2, 0) is 15.6 Å². The average Bonchev–Trinajstić information content (AvgIpc) is 2.84. The first kappa shape index (κ1) is 28.1. The summed E-state index contributed by atoms with van der Waals surface area (Å²) in [6, 6.07) is 9.62. The fourth-order valence-corrected chi connectivity index (χ4v) is 6.82. The molecular formula is C25H23Cl2F3N2O3S2. The van der Waals surface area contributed by atoms with E-state index in [1.165, 1.54) is 34.6 Å². The molecule has 1 aliphatic carbocycles. The van der Waals surface area contributed by atoms with Crippen molar-refractivity contribution in [2.45, 2.75) is 31.2 Å². The molecule has 0 aromatic heterocycles. The number of nitrogens with zero attached hydrogens (tertiary/aromatic N) is 2. The Morgan fingerprint density at radius 3 is 2.38 bits per heavy atom. The van der Waals surface area contributed by atoms with E-state index in [0.717, 1.165) is 0 Å². The smallest absolute Gasteiger partial charge is 0.376 e. The van der Waals surface area contributed by atoms with Crippen LogP contribution < -0.4 is 4.90 Å². The summed E-state index contributed by atoms with van der Waals surface area (Å²) in [6.07, 6.45) is 0.433. The Hall–Kier alpha value is -1.95. The van der Waals surface area contributed by atoms with Gasteiger partial charge in [-0.3, -0.25) is 0 Å². The van der Waals surface area contributed by atoms with Crippen LogP contribution in [0.25, 0.3) is 0 Å². The van der Waals surface area contributed by atoms with E-state index in [1.807, 2.05) is 4.90 Å². The van der Waals surface area contributed by atoms with E-state index in [4.69, 9.17) is 35.4 Å². The standard InChI is InChI=1S/C25H23Cl2F3N2O3S2/c1-24(33,25(28,29)30)16-6-9-18(10-7-16)32-13-12-31(37(34,35)23-5-3-2-4-22(23)36)15-21(32)19-14-17(26)8-11-20(19)27/h2-3,5-11,14,21,33H,4,12-13,15H2,1H3. The van der Waals surface area contributed by atoms with Gasteiger partial charge in [0.15, 0.2) is 5.60 Å². The number of piperazine rings is 1. The molecule has 0 spiro atoms. The van der Waals surface area contributed by atoms with E-state index in [1.54, 1.807) is 30.4 Å². The molecule has 0 amide bonds. The van der Waals surface area contributed by atoms with Crippen molar-refractivity contribution in [2.24, 2.45) is 0 Å². The van der Waals surface area contributed by atoms with Crippen LogP contribution in [0.1, 0.15) is 30.5 Å². The van der Waals surface area contributed by atoms with Crippen molar-refractivity contribution in [2.75, 3.05) is 24.5 Å². The number of hydrogen-bond acceptors (Lipinski definition) is 5. The van der Waals surface area contributed by atoms with Gasteiger partial charge in [-0.2, -0.15) is 17.5 Å². The van der Waals surface area contributed by atoms with Gasteiger partial charge in [-0.25, -0.2) is 8.42 Å². The highest BCUT2D eigenvalue weighted by molar-refractivity contribution is 7.96. The lowest BCUT2D eigenvalue weighted by atomic mass is 9.94. The minimum atomic E-state index is -4.85. The van der Waals surface area contributed by atoms with Crippen molar-refractivity contribution < 1.29 is 26.7 Å². The highest BCUT2D eigenvalue weighted by Crippen LogP contribution is 2.41. The number of benzene rings is 2. The van der Waals surface area contributed by atoms with E-state index >= 15 is 0 Å². The first-order chi connectivity index (χ1) is 17.2. The van der Waals surface area contributed by atoms with Gasteiger partial charge < -0.3 is 10.0 Å². The van der Waals surface area contributed by atoms with Gasteiger partial charge in [0.2, 0.25) is 10.0 Å². The monoisotopic (exact) mass is 590 g/mol. The second-order valence-corrected chi connectivity index (χ2v) is 12.2. The molecule has 2 aromatic carbocycles. The average molecular weight is 592 g/mol. The quantitative estimate of drug-likeness (QED) is 0.422. The van der Waals surface area contributed by atoms with Crippen LogP contribution in [0.5, 0.6) is 0 Å². The summed E-state index contributed by atoms with van der Waals surface area (Å²) < 4.78 is 68.3. The molecule has 1 saturated heterocycles. The maximum atomic E-state index is 13.5. The predicted octanol–water partition coefficient (Wildman–Crippen LogP) is 6.17. The summed E-state index contributed by atoms with van der Waals surface area (Å²) in [6.45, 7) is 1.04. The molecule has 198 valence electrons. The molecule has 12 heteroatoms. The molecule has 2 atom stereocenters. The summed E-state index contributed by atoms with van der Waals surface area (Å²) >= 11 is 18.0. The fraction of sp³-hybridized carbons (Fsp3) is 0.320. The van der Waals surface area contributed by atoms with E-state index in [-0.39, 0.29) is 30.1 Å². The number of anilines is 1. The number of hydrogen-bond donors (Lipinski definition) is 1. The van der Waals surface area contributed by atoms with Crippen LogP contribution in [0, 0.1) is 0 Å². The zero-order chi connectivity index (χ0) is 27.2. The SMILES string of the molecule is CC(O)(c1ccc(N2CCN(S(=O)(=O)C3=CC=CCC3=S)CC2c2cc(Cl)ccc2Cl)cc1)C(F)(F)F. The molecule has 1 N–H and O–H groups in total. The summed E-state index contributed by atoms with van der Waals surface area (Å²) in [4.78, 5) is 2.27. The molecule has 0 bridgehead atoms. The maximum absolute atomic E-state index is 13.5. The minimum Gasteiger partial charge on any atom is -0.376 e. The molecule has 2 aliphatic rings. The van der Waals surface area contributed by atoms with Crippen molar-refractivity contribution in [1.82, 2.24) is 4.31 Å². The first-order valence-electron chi connectivity index (χ1n) is 11.2. The molecule has 4 rings (SSSR count). The molecule has 1 heterocycles. The van der Waals surface area contributed by atoms with Gasteiger partial charge in [-0.1, -0.05) is 59.7 Å². The Morgan fingerprint density at radius 1 is 1.08 bits per heavy atom. The number of allylic oxidation sites excluding steroid dienone is 4. The van der Waals surface area contributed by atoms with Gasteiger partial charge in [0.1, 0.15) is 0 Å². The maximum Gasteiger partial charge on any atom is 0.421 e. The Kier molecular flexibility index (Phi) is 7.82. The summed E-state index contributed by atoms with van der Waals surface area (Å²) in [7, 11) is -3.91. The predicted molar refractivity (Wildman–Crippen MR) is 144 cm³/mol. The van der Waals surface area contributed by atoms with Crippen LogP contribution in [0.2, 0.25) is 10.0 Å². The second-order valence-electron chi connectivity index (χ2n) is 8.94. The van der Waals surface area contributed by atoms with Gasteiger partial charge in [-0.05, 0) is 54.5 Å². The summed E-state index contributed by atoms with van der Waals surface area (Å²) in [5, 5.41) is 10.8. The Morgan fingerprint density at radius 2 is 1.76 bits per heavy atom. The zero-order valence-corrected chi connectivity index (χ0v) is 22.7. The van der Waals surface area contributed by atoms with E-state index in [2.05, 4.69) is 0 Å². The number of sulfonamides is 1. The highest BCUT2D eigenvalue weighted by atomic mass is 35.5. The molecule has 37 heavy (non-hydrogen) atoms. The van der Waals surface area contributed by atoms with Crippen LogP contribution >= 0.6 is 35.4 Å². The van der Waals surface area contributed by atoms with Gasteiger partial charge in [0, 0.05) is 46.7 Å². The van der Waals surface area contributed by atoms with Crippen LogP contribution in [0.3, 0.4) is 0 Å². The summed E-state index contributed by atoms with van der Waals surface area (Å²) in [5.41, 5.74) is -2.22. The number of thiocarbonyl (C=S) groups is 1. The third-order valence-electron chi connectivity index (χ3n) is 6.55. The van der Waals surface area contributed by atoms with Crippen LogP contribution in [0.15, 0.2) is 65.6 Å². The highest BCUT2D eigenvalue weighted by Gasteiger charge is 2.51. The Balaban J connectivity index is 1.72. The van der Waals surface area contributed by atoms with Gasteiger partial charge >= 0.3 is 6.18 Å². The molecule has 5 nitrogen and oxygen atoms in total. The lowest BCUT2D eigenvalue weighted by Gasteiger charge is -2.43. The molecule has 0 radical (unpaired) electrons. The fourth-order valence-electron chi connectivity index (χ4n) is 4.36. The third kappa shape index (κ3) is 5.46. The molecule has 1 aliphatic heterocycles. The number of halogens is 5. The topological polar surface area (TPSA) is 60.9 Å². The van der Waals surface area contributed by atoms with E-state index in [9.17, 15) is 26.7 Å².